The van der Waals surface area contributed by atoms with Crippen LogP contribution in [0.4, 0.5) is 5.69 Å². The second kappa shape index (κ2) is 7.74. The van der Waals surface area contributed by atoms with Crippen molar-refractivity contribution in [1.82, 2.24) is 5.32 Å². The monoisotopic (exact) mass is 354 g/mol. The molecular weight excluding hydrogens is 332 g/mol. The number of anilines is 1. The van der Waals surface area contributed by atoms with Gasteiger partial charge in [0.2, 0.25) is 5.91 Å². The Bertz CT molecular complexity index is 800. The minimum atomic E-state index is -0.0802. The first-order valence-electron chi connectivity index (χ1n) is 8.42. The zero-order valence-electron chi connectivity index (χ0n) is 14.5. The summed E-state index contributed by atoms with van der Waals surface area (Å²) in [6.07, 6.45) is 2.11. The number of hydrogen-bond donors (Lipinski definition) is 2. The first-order valence-corrected chi connectivity index (χ1v) is 9.40. The van der Waals surface area contributed by atoms with Crippen molar-refractivity contribution in [1.29, 1.82) is 0 Å². The Labute approximate surface area is 152 Å². The SMILES string of the molecule is Cc1ccc(C)c(SCC(=O)Nc2cccc(C(=O)NC3CC3)c2)c1. The molecule has 1 fully saturated rings. The lowest BCUT2D eigenvalue weighted by Crippen LogP contribution is -2.25. The lowest BCUT2D eigenvalue weighted by Gasteiger charge is -2.09. The van der Waals surface area contributed by atoms with Gasteiger partial charge >= 0.3 is 0 Å². The topological polar surface area (TPSA) is 58.2 Å². The van der Waals surface area contributed by atoms with Crippen LogP contribution in [0.3, 0.4) is 0 Å². The fraction of sp³-hybridized carbons (Fsp3) is 0.300. The van der Waals surface area contributed by atoms with Gasteiger partial charge in [-0.25, -0.2) is 0 Å². The maximum Gasteiger partial charge on any atom is 0.251 e. The van der Waals surface area contributed by atoms with Gasteiger partial charge < -0.3 is 10.6 Å². The van der Waals surface area contributed by atoms with Gasteiger partial charge in [0.25, 0.3) is 5.91 Å². The lowest BCUT2D eigenvalue weighted by atomic mass is 10.2. The summed E-state index contributed by atoms with van der Waals surface area (Å²) in [5.41, 5.74) is 3.58. The normalized spacial score (nSPS) is 13.4. The average Bonchev–Trinajstić information content (AvgIpc) is 3.40. The predicted octanol–water partition coefficient (Wildman–Crippen LogP) is 3.93. The van der Waals surface area contributed by atoms with Crippen molar-refractivity contribution in [3.63, 3.8) is 0 Å². The highest BCUT2D eigenvalue weighted by molar-refractivity contribution is 8.00. The summed E-state index contributed by atoms with van der Waals surface area (Å²) >= 11 is 1.52. The molecule has 2 N–H and O–H groups in total. The van der Waals surface area contributed by atoms with Crippen LogP contribution in [0.1, 0.15) is 34.3 Å². The summed E-state index contributed by atoms with van der Waals surface area (Å²) < 4.78 is 0. The van der Waals surface area contributed by atoms with E-state index in [2.05, 4.69) is 28.8 Å². The molecule has 130 valence electrons. The quantitative estimate of drug-likeness (QED) is 0.773. The van der Waals surface area contributed by atoms with E-state index in [0.29, 0.717) is 23.0 Å². The Morgan fingerprint density at radius 1 is 1.12 bits per heavy atom. The molecule has 1 saturated carbocycles. The van der Waals surface area contributed by atoms with Crippen molar-refractivity contribution in [3.05, 3.63) is 59.2 Å². The van der Waals surface area contributed by atoms with Gasteiger partial charge in [-0.1, -0.05) is 23.8 Å². The van der Waals surface area contributed by atoms with Gasteiger partial charge in [0.05, 0.1) is 5.75 Å². The maximum absolute atomic E-state index is 12.2. The van der Waals surface area contributed by atoms with Crippen LogP contribution < -0.4 is 10.6 Å². The molecule has 25 heavy (non-hydrogen) atoms. The molecule has 0 aromatic heterocycles. The van der Waals surface area contributed by atoms with Crippen LogP contribution in [-0.2, 0) is 4.79 Å². The van der Waals surface area contributed by atoms with E-state index in [-0.39, 0.29) is 11.8 Å². The molecule has 4 nitrogen and oxygen atoms in total. The van der Waals surface area contributed by atoms with E-state index in [1.165, 1.54) is 22.9 Å². The zero-order valence-corrected chi connectivity index (χ0v) is 15.3. The third-order valence-electron chi connectivity index (χ3n) is 4.02. The molecule has 2 amide bonds. The van der Waals surface area contributed by atoms with E-state index < -0.39 is 0 Å². The Morgan fingerprint density at radius 2 is 1.92 bits per heavy atom. The summed E-state index contributed by atoms with van der Waals surface area (Å²) in [7, 11) is 0. The van der Waals surface area contributed by atoms with E-state index >= 15 is 0 Å². The molecule has 0 atom stereocenters. The number of aryl methyl sites for hydroxylation is 2. The second-order valence-corrected chi connectivity index (χ2v) is 7.45. The van der Waals surface area contributed by atoms with Gasteiger partial charge in [-0.15, -0.1) is 11.8 Å². The Kier molecular flexibility index (Phi) is 5.43. The summed E-state index contributed by atoms with van der Waals surface area (Å²) in [6.45, 7) is 4.09. The van der Waals surface area contributed by atoms with Crippen molar-refractivity contribution >= 4 is 29.3 Å². The highest BCUT2D eigenvalue weighted by atomic mass is 32.2. The molecule has 1 aliphatic rings. The van der Waals surface area contributed by atoms with Crippen molar-refractivity contribution in [2.75, 3.05) is 11.1 Å². The molecule has 3 rings (SSSR count). The van der Waals surface area contributed by atoms with E-state index in [9.17, 15) is 9.59 Å². The van der Waals surface area contributed by atoms with E-state index in [1.807, 2.05) is 13.8 Å². The molecule has 0 unspecified atom stereocenters. The number of rotatable bonds is 6. The summed E-state index contributed by atoms with van der Waals surface area (Å²) in [4.78, 5) is 25.4. The van der Waals surface area contributed by atoms with Gasteiger partial charge in [-0.2, -0.15) is 0 Å². The van der Waals surface area contributed by atoms with Crippen LogP contribution in [0.25, 0.3) is 0 Å². The van der Waals surface area contributed by atoms with Crippen molar-refractivity contribution < 1.29 is 9.59 Å². The third-order valence-corrected chi connectivity index (χ3v) is 5.18. The van der Waals surface area contributed by atoms with Gasteiger partial charge in [0, 0.05) is 22.2 Å². The lowest BCUT2D eigenvalue weighted by molar-refractivity contribution is -0.113. The number of hydrogen-bond acceptors (Lipinski definition) is 3. The van der Waals surface area contributed by atoms with Crippen LogP contribution in [0.2, 0.25) is 0 Å². The first-order chi connectivity index (χ1) is 12.0. The first kappa shape index (κ1) is 17.5. The Hall–Kier alpha value is -2.27. The van der Waals surface area contributed by atoms with Gasteiger partial charge in [-0.3, -0.25) is 9.59 Å². The van der Waals surface area contributed by atoms with Crippen molar-refractivity contribution in [3.8, 4) is 0 Å². The second-order valence-electron chi connectivity index (χ2n) is 6.43. The number of carbonyl (C=O) groups excluding carboxylic acids is 2. The highest BCUT2D eigenvalue weighted by Gasteiger charge is 2.23. The van der Waals surface area contributed by atoms with Gasteiger partial charge in [-0.05, 0) is 56.5 Å². The van der Waals surface area contributed by atoms with Crippen LogP contribution >= 0.6 is 11.8 Å². The van der Waals surface area contributed by atoms with E-state index in [1.54, 1.807) is 24.3 Å². The molecule has 0 saturated heterocycles. The van der Waals surface area contributed by atoms with Crippen LogP contribution in [0.5, 0.6) is 0 Å². The molecule has 0 bridgehead atoms. The van der Waals surface area contributed by atoms with E-state index in [4.69, 9.17) is 0 Å². The van der Waals surface area contributed by atoms with Gasteiger partial charge in [0.15, 0.2) is 0 Å². The molecule has 1 aliphatic carbocycles. The number of benzene rings is 2. The smallest absolute Gasteiger partial charge is 0.251 e. The Balaban J connectivity index is 1.57. The molecule has 0 heterocycles. The average molecular weight is 354 g/mol. The summed E-state index contributed by atoms with van der Waals surface area (Å²) in [5, 5.41) is 5.82. The minimum Gasteiger partial charge on any atom is -0.349 e. The number of nitrogens with one attached hydrogen (secondary N) is 2. The minimum absolute atomic E-state index is 0.0781. The number of carbonyl (C=O) groups is 2. The number of amides is 2. The van der Waals surface area contributed by atoms with Crippen LogP contribution in [0.15, 0.2) is 47.4 Å². The predicted molar refractivity (Wildman–Crippen MR) is 102 cm³/mol. The summed E-state index contributed by atoms with van der Waals surface area (Å²) in [6, 6.07) is 13.6. The molecule has 2 aromatic rings. The van der Waals surface area contributed by atoms with Crippen LogP contribution in [-0.4, -0.2) is 23.6 Å². The molecular formula is C20H22N2O2S. The molecule has 5 heteroatoms. The van der Waals surface area contributed by atoms with Crippen molar-refractivity contribution in [2.24, 2.45) is 0 Å². The molecule has 0 spiro atoms. The fourth-order valence-corrected chi connectivity index (χ4v) is 3.36. The fourth-order valence-electron chi connectivity index (χ4n) is 2.44. The highest BCUT2D eigenvalue weighted by Crippen LogP contribution is 2.24. The van der Waals surface area contributed by atoms with Gasteiger partial charge in [0.1, 0.15) is 0 Å². The molecule has 0 radical (unpaired) electrons. The van der Waals surface area contributed by atoms with Crippen LogP contribution in [0, 0.1) is 13.8 Å². The molecule has 2 aromatic carbocycles. The molecule has 0 aliphatic heterocycles. The maximum atomic E-state index is 12.2. The van der Waals surface area contributed by atoms with Crippen molar-refractivity contribution in [2.45, 2.75) is 37.6 Å². The standard InChI is InChI=1S/C20H22N2O2S/c1-13-6-7-14(2)18(10-13)25-12-19(23)21-17-5-3-4-15(11-17)20(24)22-16-8-9-16/h3-7,10-11,16H,8-9,12H2,1-2H3,(H,21,23)(H,22,24). The van der Waals surface area contributed by atoms with E-state index in [0.717, 1.165) is 17.7 Å². The Morgan fingerprint density at radius 3 is 2.68 bits per heavy atom. The summed E-state index contributed by atoms with van der Waals surface area (Å²) in [5.74, 6) is 0.178. The zero-order chi connectivity index (χ0) is 17.8. The largest absolute Gasteiger partial charge is 0.349 e. The number of thioether (sulfide) groups is 1. The third kappa shape index (κ3) is 5.10.